The predicted octanol–water partition coefficient (Wildman–Crippen LogP) is 5.09. The molecule has 39 heavy (non-hydrogen) atoms. The summed E-state index contributed by atoms with van der Waals surface area (Å²) < 4.78 is 46.5. The van der Waals surface area contributed by atoms with Gasteiger partial charge in [0, 0.05) is 11.1 Å². The Labute approximate surface area is 278 Å². The third-order valence-corrected chi connectivity index (χ3v) is 6.93. The van der Waals surface area contributed by atoms with Gasteiger partial charge in [0.2, 0.25) is 0 Å². The van der Waals surface area contributed by atoms with Crippen LogP contribution >= 0.6 is 0 Å². The van der Waals surface area contributed by atoms with Crippen molar-refractivity contribution in [2.24, 2.45) is 5.41 Å². The van der Waals surface area contributed by atoms with Gasteiger partial charge in [-0.25, -0.2) is 9.59 Å². The number of hydrogen-bond donors (Lipinski definition) is 1. The molecule has 0 aromatic carbocycles. The molecule has 0 saturated heterocycles. The van der Waals surface area contributed by atoms with Crippen LogP contribution in [0.4, 0.5) is 0 Å². The molecule has 0 aliphatic rings. The number of hydrogen-bond acceptors (Lipinski definition) is 8. The summed E-state index contributed by atoms with van der Waals surface area (Å²) in [4.78, 5) is 37.5. The van der Waals surface area contributed by atoms with Crippen LogP contribution in [-0.4, -0.2) is 108 Å². The first-order valence-corrected chi connectivity index (χ1v) is 15.2. The van der Waals surface area contributed by atoms with Crippen LogP contribution in [0, 0.1) is 5.41 Å². The van der Waals surface area contributed by atoms with Crippen LogP contribution in [0.25, 0.3) is 0 Å². The first-order valence-electron chi connectivity index (χ1n) is 13.6. The van der Waals surface area contributed by atoms with Gasteiger partial charge in [0.15, 0.2) is 0 Å². The molecule has 11 heteroatoms. The third kappa shape index (κ3) is 20.9. The molecule has 0 atom stereocenters. The molecule has 0 aliphatic heterocycles. The molecule has 0 bridgehead atoms. The topological polar surface area (TPSA) is 133 Å². The third-order valence-electron chi connectivity index (χ3n) is 6.13. The fourth-order valence-corrected chi connectivity index (χ4v) is 4.28. The van der Waals surface area contributed by atoms with Crippen molar-refractivity contribution in [2.75, 3.05) is 25.6 Å². The van der Waals surface area contributed by atoms with Crippen LogP contribution in [0.1, 0.15) is 104 Å². The van der Waals surface area contributed by atoms with Gasteiger partial charge in [0.25, 0.3) is 10.1 Å². The molecule has 0 spiro atoms. The van der Waals surface area contributed by atoms with E-state index in [1.54, 1.807) is 0 Å². The van der Waals surface area contributed by atoms with Crippen molar-refractivity contribution in [1.29, 1.82) is 0 Å². The van der Waals surface area contributed by atoms with Crippen molar-refractivity contribution in [3.05, 3.63) is 24.3 Å². The summed E-state index contributed by atoms with van der Waals surface area (Å²) in [6.07, 6.45) is 10.4. The van der Waals surface area contributed by atoms with E-state index >= 15 is 0 Å². The van der Waals surface area contributed by atoms with E-state index < -0.39 is 33.4 Å². The SMILES string of the molecule is C=C(C)C(=O)OCC(CCCCCC)(COC(=O)C(=C)C)C(=O)OCCCCCCCCCCS(=O)(=O)O.[KH]. The van der Waals surface area contributed by atoms with Gasteiger partial charge in [0.1, 0.15) is 18.6 Å². The van der Waals surface area contributed by atoms with Gasteiger partial charge in [-0.3, -0.25) is 9.35 Å². The number of ether oxygens (including phenoxy) is 3. The molecular weight excluding hydrogens is 551 g/mol. The van der Waals surface area contributed by atoms with E-state index in [-0.39, 0.29) is 88.1 Å². The molecule has 0 heterocycles. The second kappa shape index (κ2) is 23.0. The van der Waals surface area contributed by atoms with Crippen LogP contribution < -0.4 is 0 Å². The molecule has 222 valence electrons. The standard InChI is InChI=1S/C28H48O9S.K.H/c1-6-7-8-15-18-28(21-36-25(29)23(2)3,22-37-26(30)24(4)5)27(31)35-19-16-13-11-9-10-12-14-17-20-38(32,33)34;;/h2,4,6-22H2,1,3,5H3,(H,32,33,34);;. The second-order valence-electron chi connectivity index (χ2n) is 10.1. The van der Waals surface area contributed by atoms with Crippen molar-refractivity contribution in [3.63, 3.8) is 0 Å². The molecule has 1 N–H and O–H groups in total. The summed E-state index contributed by atoms with van der Waals surface area (Å²) in [6, 6.07) is 0. The predicted molar refractivity (Wildman–Crippen MR) is 154 cm³/mol. The molecule has 9 nitrogen and oxygen atoms in total. The normalized spacial score (nSPS) is 11.3. The molecule has 0 saturated carbocycles. The number of esters is 3. The molecule has 0 aromatic rings. The minimum absolute atomic E-state index is 0. The average molecular weight is 601 g/mol. The zero-order valence-electron chi connectivity index (χ0n) is 23.6. The Hall–Kier alpha value is -0.564. The average Bonchev–Trinajstić information content (AvgIpc) is 2.84. The maximum absolute atomic E-state index is 13.3. The van der Waals surface area contributed by atoms with E-state index in [1.807, 2.05) is 0 Å². The number of rotatable bonds is 23. The summed E-state index contributed by atoms with van der Waals surface area (Å²) in [6.45, 7) is 11.9. The van der Waals surface area contributed by atoms with Crippen LogP contribution in [0.3, 0.4) is 0 Å². The fourth-order valence-electron chi connectivity index (χ4n) is 3.72. The minimum atomic E-state index is -3.88. The summed E-state index contributed by atoms with van der Waals surface area (Å²) >= 11 is 0. The number of carbonyl (C=O) groups is 3. The molecule has 0 aliphatic carbocycles. The van der Waals surface area contributed by atoms with Crippen molar-refractivity contribution in [3.8, 4) is 0 Å². The van der Waals surface area contributed by atoms with Crippen LogP contribution in [-0.2, 0) is 38.7 Å². The number of carbonyl (C=O) groups excluding carboxylic acids is 3. The van der Waals surface area contributed by atoms with E-state index in [2.05, 4.69) is 20.1 Å². The Kier molecular flexibility index (Phi) is 24.0. The zero-order chi connectivity index (χ0) is 29.0. The molecule has 0 rings (SSSR count). The van der Waals surface area contributed by atoms with Gasteiger partial charge in [-0.05, 0) is 33.1 Å². The van der Waals surface area contributed by atoms with Crippen molar-refractivity contribution >= 4 is 79.4 Å². The van der Waals surface area contributed by atoms with E-state index in [4.69, 9.17) is 18.8 Å². The molecule has 0 aromatic heterocycles. The van der Waals surface area contributed by atoms with Crippen LogP contribution in [0.5, 0.6) is 0 Å². The van der Waals surface area contributed by atoms with Gasteiger partial charge < -0.3 is 14.2 Å². The Morgan fingerprint density at radius 3 is 1.59 bits per heavy atom. The molecule has 0 amide bonds. The van der Waals surface area contributed by atoms with Gasteiger partial charge >= 0.3 is 69.3 Å². The summed E-state index contributed by atoms with van der Waals surface area (Å²) in [5.74, 6) is -2.01. The summed E-state index contributed by atoms with van der Waals surface area (Å²) in [7, 11) is -3.88. The van der Waals surface area contributed by atoms with E-state index in [1.165, 1.54) is 13.8 Å². The molecule has 0 radical (unpaired) electrons. The summed E-state index contributed by atoms with van der Waals surface area (Å²) in [5.41, 5.74) is -0.905. The van der Waals surface area contributed by atoms with E-state index in [9.17, 15) is 22.8 Å². The first kappa shape index (κ1) is 40.6. The molecule has 0 fully saturated rings. The molecule has 0 unspecified atom stereocenters. The van der Waals surface area contributed by atoms with E-state index in [0.717, 1.165) is 57.8 Å². The van der Waals surface area contributed by atoms with Gasteiger partial charge in [0.05, 0.1) is 12.4 Å². The zero-order valence-corrected chi connectivity index (χ0v) is 24.4. The van der Waals surface area contributed by atoms with Gasteiger partial charge in [-0.15, -0.1) is 0 Å². The number of unbranched alkanes of at least 4 members (excludes halogenated alkanes) is 10. The van der Waals surface area contributed by atoms with Gasteiger partial charge in [-0.1, -0.05) is 84.3 Å². The Bertz CT molecular complexity index is 838. The van der Waals surface area contributed by atoms with E-state index in [0.29, 0.717) is 25.7 Å². The Morgan fingerprint density at radius 2 is 1.15 bits per heavy atom. The van der Waals surface area contributed by atoms with Crippen molar-refractivity contribution < 1.29 is 41.6 Å². The van der Waals surface area contributed by atoms with Gasteiger partial charge in [-0.2, -0.15) is 8.42 Å². The molecular formula is C28H49KO9S. The first-order chi connectivity index (χ1) is 17.8. The summed E-state index contributed by atoms with van der Waals surface area (Å²) in [5, 5.41) is 0. The van der Waals surface area contributed by atoms with Crippen LogP contribution in [0.15, 0.2) is 24.3 Å². The monoisotopic (exact) mass is 600 g/mol. The quantitative estimate of drug-likeness (QED) is 0.0425. The Balaban J connectivity index is 0. The fraction of sp³-hybridized carbons (Fsp3) is 0.750. The Morgan fingerprint density at radius 1 is 0.718 bits per heavy atom. The maximum atomic E-state index is 13.3. The van der Waals surface area contributed by atoms with Crippen molar-refractivity contribution in [1.82, 2.24) is 0 Å². The second-order valence-corrected chi connectivity index (χ2v) is 11.6. The van der Waals surface area contributed by atoms with Crippen LogP contribution in [0.2, 0.25) is 0 Å². The van der Waals surface area contributed by atoms with Crippen molar-refractivity contribution in [2.45, 2.75) is 104 Å².